The third-order valence-corrected chi connectivity index (χ3v) is 8.31. The van der Waals surface area contributed by atoms with E-state index in [1.165, 1.54) is 17.8 Å². The van der Waals surface area contributed by atoms with Gasteiger partial charge in [-0.3, -0.25) is 0 Å². The number of thioether (sulfide) groups is 1. The van der Waals surface area contributed by atoms with Gasteiger partial charge in [0.2, 0.25) is 10.0 Å². The van der Waals surface area contributed by atoms with E-state index in [-0.39, 0.29) is 4.75 Å². The molecule has 0 amide bonds. The van der Waals surface area contributed by atoms with Crippen molar-refractivity contribution < 1.29 is 8.42 Å². The summed E-state index contributed by atoms with van der Waals surface area (Å²) in [7, 11) is -3.36. The highest BCUT2D eigenvalue weighted by molar-refractivity contribution is 8.00. The third-order valence-electron chi connectivity index (χ3n) is 3.91. The smallest absolute Gasteiger partial charge is 0.250 e. The Bertz CT molecular complexity index is 545. The molecule has 1 aromatic rings. The van der Waals surface area contributed by atoms with E-state index in [0.29, 0.717) is 10.8 Å². The van der Waals surface area contributed by atoms with Gasteiger partial charge in [-0.05, 0) is 44.2 Å². The molecular weight excluding hydrogens is 324 g/mol. The average molecular weight is 349 g/mol. The highest BCUT2D eigenvalue weighted by Crippen LogP contribution is 2.42. The Hall–Kier alpha value is -0.0800. The minimum atomic E-state index is -3.36. The number of sulfonamides is 1. The number of thiophene rings is 1. The molecule has 1 aliphatic carbocycles. The second-order valence-corrected chi connectivity index (χ2v) is 9.90. The first-order valence-corrected chi connectivity index (χ1v) is 10.9. The molecule has 0 atom stereocenters. The largest absolute Gasteiger partial charge is 0.312 e. The van der Waals surface area contributed by atoms with Crippen LogP contribution in [0, 0.1) is 0 Å². The van der Waals surface area contributed by atoms with Gasteiger partial charge >= 0.3 is 0 Å². The molecule has 1 aromatic heterocycles. The van der Waals surface area contributed by atoms with Gasteiger partial charge < -0.3 is 5.32 Å². The maximum Gasteiger partial charge on any atom is 0.250 e. The molecule has 2 N–H and O–H groups in total. The molecule has 1 heterocycles. The summed E-state index contributed by atoms with van der Waals surface area (Å²) in [5, 5.41) is 3.29. The minimum absolute atomic E-state index is 0.121. The van der Waals surface area contributed by atoms with Gasteiger partial charge in [0.1, 0.15) is 4.21 Å². The van der Waals surface area contributed by atoms with Gasteiger partial charge in [0.15, 0.2) is 0 Å². The van der Waals surface area contributed by atoms with Crippen LogP contribution in [0.4, 0.5) is 0 Å². The van der Waals surface area contributed by atoms with Crippen molar-refractivity contribution in [1.29, 1.82) is 0 Å². The molecule has 0 bridgehead atoms. The Labute approximate surface area is 136 Å². The molecule has 21 heavy (non-hydrogen) atoms. The predicted molar refractivity (Wildman–Crippen MR) is 91.6 cm³/mol. The molecular formula is C14H24N2O2S3. The van der Waals surface area contributed by atoms with Crippen molar-refractivity contribution in [2.75, 3.05) is 19.3 Å². The van der Waals surface area contributed by atoms with Crippen molar-refractivity contribution in [3.05, 3.63) is 17.0 Å². The van der Waals surface area contributed by atoms with Crippen molar-refractivity contribution in [1.82, 2.24) is 10.0 Å². The van der Waals surface area contributed by atoms with Crippen LogP contribution in [0.25, 0.3) is 0 Å². The van der Waals surface area contributed by atoms with Gasteiger partial charge in [0.25, 0.3) is 0 Å². The van der Waals surface area contributed by atoms with E-state index < -0.39 is 10.0 Å². The van der Waals surface area contributed by atoms with Gasteiger partial charge in [-0.15, -0.1) is 11.3 Å². The fourth-order valence-corrected chi connectivity index (χ4v) is 5.81. The molecule has 0 aliphatic heterocycles. The number of hydrogen-bond acceptors (Lipinski definition) is 5. The first kappa shape index (κ1) is 17.3. The molecule has 1 saturated carbocycles. The Morgan fingerprint density at radius 2 is 2.14 bits per heavy atom. The van der Waals surface area contributed by atoms with E-state index in [1.54, 1.807) is 17.8 Å². The van der Waals surface area contributed by atoms with Crippen LogP contribution in [-0.2, 0) is 16.6 Å². The quantitative estimate of drug-likeness (QED) is 0.674. The van der Waals surface area contributed by atoms with Crippen LogP contribution in [0.2, 0.25) is 0 Å². The van der Waals surface area contributed by atoms with E-state index >= 15 is 0 Å². The molecule has 1 aliphatic rings. The molecule has 0 saturated heterocycles. The summed E-state index contributed by atoms with van der Waals surface area (Å²) in [5.41, 5.74) is 0. The van der Waals surface area contributed by atoms with Gasteiger partial charge in [0.05, 0.1) is 0 Å². The monoisotopic (exact) mass is 348 g/mol. The standard InChI is InChI=1S/C14H24N2O2S3/c1-3-9-15-10-12-5-6-13(20-12)21(17,18)16-11-14(19-2)7-4-8-14/h5-6,15-16H,3-4,7-11H2,1-2H3. The summed E-state index contributed by atoms with van der Waals surface area (Å²) < 4.78 is 28.0. The third kappa shape index (κ3) is 4.45. The summed E-state index contributed by atoms with van der Waals surface area (Å²) in [6, 6.07) is 3.61. The van der Waals surface area contributed by atoms with Crippen molar-refractivity contribution in [2.45, 2.75) is 48.1 Å². The fraction of sp³-hybridized carbons (Fsp3) is 0.714. The zero-order valence-corrected chi connectivity index (χ0v) is 15.1. The second-order valence-electron chi connectivity index (χ2n) is 5.46. The van der Waals surface area contributed by atoms with E-state index in [2.05, 4.69) is 23.2 Å². The summed E-state index contributed by atoms with van der Waals surface area (Å²) in [6.45, 7) is 4.35. The lowest BCUT2D eigenvalue weighted by molar-refractivity contribution is 0.362. The molecule has 0 aromatic carbocycles. The Balaban J connectivity index is 1.93. The molecule has 120 valence electrons. The van der Waals surface area contributed by atoms with Crippen LogP contribution in [0.5, 0.6) is 0 Å². The van der Waals surface area contributed by atoms with E-state index in [4.69, 9.17) is 0 Å². The van der Waals surface area contributed by atoms with Crippen LogP contribution in [0.3, 0.4) is 0 Å². The highest BCUT2D eigenvalue weighted by atomic mass is 32.2. The maximum absolute atomic E-state index is 12.3. The average Bonchev–Trinajstić information content (AvgIpc) is 2.88. The summed E-state index contributed by atoms with van der Waals surface area (Å²) >= 11 is 3.13. The first-order valence-electron chi connectivity index (χ1n) is 7.35. The number of nitrogens with one attached hydrogen (secondary N) is 2. The number of rotatable bonds is 9. The second kappa shape index (κ2) is 7.46. The topological polar surface area (TPSA) is 58.2 Å². The molecule has 0 radical (unpaired) electrons. The van der Waals surface area contributed by atoms with Crippen LogP contribution in [-0.4, -0.2) is 32.5 Å². The summed E-state index contributed by atoms with van der Waals surface area (Å²) in [6.07, 6.45) is 6.56. The van der Waals surface area contributed by atoms with Crippen molar-refractivity contribution in [3.8, 4) is 0 Å². The van der Waals surface area contributed by atoms with E-state index in [9.17, 15) is 8.42 Å². The molecule has 2 rings (SSSR count). The molecule has 1 fully saturated rings. The summed E-state index contributed by atoms with van der Waals surface area (Å²) in [5.74, 6) is 0. The Morgan fingerprint density at radius 1 is 1.38 bits per heavy atom. The van der Waals surface area contributed by atoms with Crippen LogP contribution in [0.1, 0.15) is 37.5 Å². The van der Waals surface area contributed by atoms with Crippen molar-refractivity contribution >= 4 is 33.1 Å². The maximum atomic E-state index is 12.3. The van der Waals surface area contributed by atoms with E-state index in [1.807, 2.05) is 6.07 Å². The molecule has 0 spiro atoms. The Morgan fingerprint density at radius 3 is 2.71 bits per heavy atom. The van der Waals surface area contributed by atoms with Gasteiger partial charge in [-0.25, -0.2) is 13.1 Å². The van der Waals surface area contributed by atoms with Gasteiger partial charge in [0, 0.05) is 22.7 Å². The predicted octanol–water partition coefficient (Wildman–Crippen LogP) is 2.81. The number of hydrogen-bond donors (Lipinski definition) is 2. The summed E-state index contributed by atoms with van der Waals surface area (Å²) in [4.78, 5) is 1.06. The van der Waals surface area contributed by atoms with Crippen molar-refractivity contribution in [2.24, 2.45) is 0 Å². The zero-order valence-electron chi connectivity index (χ0n) is 12.6. The van der Waals surface area contributed by atoms with Crippen LogP contribution < -0.4 is 10.0 Å². The molecule has 7 heteroatoms. The Kier molecular flexibility index (Phi) is 6.14. The highest BCUT2D eigenvalue weighted by Gasteiger charge is 2.37. The van der Waals surface area contributed by atoms with Crippen LogP contribution in [0.15, 0.2) is 16.3 Å². The normalized spacial score (nSPS) is 17.6. The van der Waals surface area contributed by atoms with E-state index in [0.717, 1.165) is 37.2 Å². The fourth-order valence-electron chi connectivity index (χ4n) is 2.31. The first-order chi connectivity index (χ1) is 10.0. The molecule has 0 unspecified atom stereocenters. The lowest BCUT2D eigenvalue weighted by Crippen LogP contribution is -2.45. The minimum Gasteiger partial charge on any atom is -0.312 e. The zero-order chi connectivity index (χ0) is 15.3. The molecule has 4 nitrogen and oxygen atoms in total. The lowest BCUT2D eigenvalue weighted by atomic mass is 9.84. The van der Waals surface area contributed by atoms with Crippen LogP contribution >= 0.6 is 23.1 Å². The van der Waals surface area contributed by atoms with Crippen molar-refractivity contribution in [3.63, 3.8) is 0 Å². The van der Waals surface area contributed by atoms with Gasteiger partial charge in [-0.2, -0.15) is 11.8 Å². The SMILES string of the molecule is CCCNCc1ccc(S(=O)(=O)NCC2(SC)CCC2)s1. The lowest BCUT2D eigenvalue weighted by Gasteiger charge is -2.40. The van der Waals surface area contributed by atoms with Gasteiger partial charge in [-0.1, -0.05) is 13.3 Å².